The fourth-order valence-electron chi connectivity index (χ4n) is 3.73. The van der Waals surface area contributed by atoms with Crippen LogP contribution in [0.2, 0.25) is 0 Å². The van der Waals surface area contributed by atoms with Crippen LogP contribution in [0, 0.1) is 0 Å². The van der Waals surface area contributed by atoms with Crippen molar-refractivity contribution in [2.45, 2.75) is 62.4 Å². The Labute approximate surface area is 174 Å². The SMILES string of the molecule is CC(C)c1ccc(-c2noc(CSc3nnc(N4CCCC4)n3C3CC3)n2)cc1. The number of nitrogens with zero attached hydrogens (tertiary/aromatic N) is 6. The number of benzene rings is 1. The van der Waals surface area contributed by atoms with Crippen LogP contribution in [0.3, 0.4) is 0 Å². The van der Waals surface area contributed by atoms with Gasteiger partial charge in [-0.1, -0.05) is 55.0 Å². The normalized spacial score (nSPS) is 16.9. The predicted molar refractivity (Wildman–Crippen MR) is 113 cm³/mol. The molecule has 1 saturated heterocycles. The van der Waals surface area contributed by atoms with Crippen LogP contribution in [-0.2, 0) is 5.75 Å². The fourth-order valence-corrected chi connectivity index (χ4v) is 4.57. The molecule has 2 fully saturated rings. The Morgan fingerprint density at radius 1 is 1.10 bits per heavy atom. The maximum absolute atomic E-state index is 5.49. The van der Waals surface area contributed by atoms with Crippen LogP contribution in [-0.4, -0.2) is 38.0 Å². The van der Waals surface area contributed by atoms with E-state index < -0.39 is 0 Å². The van der Waals surface area contributed by atoms with Gasteiger partial charge in [0.25, 0.3) is 0 Å². The summed E-state index contributed by atoms with van der Waals surface area (Å²) in [6.07, 6.45) is 4.90. The van der Waals surface area contributed by atoms with Gasteiger partial charge in [0, 0.05) is 24.7 Å². The summed E-state index contributed by atoms with van der Waals surface area (Å²) in [6.45, 7) is 6.54. The molecule has 0 atom stereocenters. The minimum absolute atomic E-state index is 0.510. The van der Waals surface area contributed by atoms with E-state index in [2.05, 4.69) is 67.9 Å². The van der Waals surface area contributed by atoms with Crippen molar-refractivity contribution < 1.29 is 4.52 Å². The number of anilines is 1. The Morgan fingerprint density at radius 3 is 2.55 bits per heavy atom. The zero-order chi connectivity index (χ0) is 19.8. The molecule has 0 unspecified atom stereocenters. The van der Waals surface area contributed by atoms with Gasteiger partial charge in [-0.25, -0.2) is 0 Å². The molecule has 0 radical (unpaired) electrons. The minimum Gasteiger partial charge on any atom is -0.341 e. The highest BCUT2D eigenvalue weighted by atomic mass is 32.2. The molecule has 2 aliphatic rings. The van der Waals surface area contributed by atoms with Crippen molar-refractivity contribution in [3.63, 3.8) is 0 Å². The van der Waals surface area contributed by atoms with Crippen LogP contribution >= 0.6 is 11.8 Å². The van der Waals surface area contributed by atoms with Gasteiger partial charge in [-0.15, -0.1) is 10.2 Å². The van der Waals surface area contributed by atoms with Crippen molar-refractivity contribution in [2.75, 3.05) is 18.0 Å². The van der Waals surface area contributed by atoms with Gasteiger partial charge in [0.2, 0.25) is 17.7 Å². The van der Waals surface area contributed by atoms with Crippen LogP contribution in [0.15, 0.2) is 33.9 Å². The molecule has 0 spiro atoms. The maximum Gasteiger partial charge on any atom is 0.237 e. The molecular formula is C21H26N6OS. The molecule has 0 N–H and O–H groups in total. The number of rotatable bonds is 7. The molecule has 1 aromatic carbocycles. The van der Waals surface area contributed by atoms with Gasteiger partial charge < -0.3 is 9.42 Å². The Balaban J connectivity index is 1.29. The van der Waals surface area contributed by atoms with Crippen molar-refractivity contribution in [1.29, 1.82) is 0 Å². The summed E-state index contributed by atoms with van der Waals surface area (Å²) in [5, 5.41) is 14.1. The van der Waals surface area contributed by atoms with Gasteiger partial charge in [-0.3, -0.25) is 4.57 Å². The third kappa shape index (κ3) is 3.90. The highest BCUT2D eigenvalue weighted by molar-refractivity contribution is 7.98. The Morgan fingerprint density at radius 2 is 1.86 bits per heavy atom. The van der Waals surface area contributed by atoms with E-state index in [4.69, 9.17) is 4.52 Å². The summed E-state index contributed by atoms with van der Waals surface area (Å²) in [7, 11) is 0. The number of hydrogen-bond donors (Lipinski definition) is 0. The first kappa shape index (κ1) is 18.7. The van der Waals surface area contributed by atoms with Crippen LogP contribution in [0.1, 0.15) is 62.9 Å². The third-order valence-corrected chi connectivity index (χ3v) is 6.50. The van der Waals surface area contributed by atoms with Crippen LogP contribution in [0.5, 0.6) is 0 Å². The summed E-state index contributed by atoms with van der Waals surface area (Å²) >= 11 is 1.63. The Hall–Kier alpha value is -2.35. The molecule has 3 aromatic rings. The van der Waals surface area contributed by atoms with Crippen molar-refractivity contribution in [1.82, 2.24) is 24.9 Å². The van der Waals surface area contributed by atoms with Crippen molar-refractivity contribution in [2.24, 2.45) is 0 Å². The molecule has 0 bridgehead atoms. The minimum atomic E-state index is 0.510. The van der Waals surface area contributed by atoms with Gasteiger partial charge in [0.05, 0.1) is 5.75 Å². The van der Waals surface area contributed by atoms with E-state index in [9.17, 15) is 0 Å². The fraction of sp³-hybridized carbons (Fsp3) is 0.524. The average molecular weight is 411 g/mol. The van der Waals surface area contributed by atoms with E-state index in [-0.39, 0.29) is 0 Å². The van der Waals surface area contributed by atoms with Crippen LogP contribution in [0.4, 0.5) is 5.95 Å². The van der Waals surface area contributed by atoms with Gasteiger partial charge >= 0.3 is 0 Å². The lowest BCUT2D eigenvalue weighted by molar-refractivity contribution is 0.391. The number of hydrogen-bond acceptors (Lipinski definition) is 7. The van der Waals surface area contributed by atoms with E-state index >= 15 is 0 Å². The molecular weight excluding hydrogens is 384 g/mol. The molecule has 0 amide bonds. The lowest BCUT2D eigenvalue weighted by atomic mass is 10.0. The zero-order valence-electron chi connectivity index (χ0n) is 16.9. The van der Waals surface area contributed by atoms with Gasteiger partial charge in [-0.05, 0) is 37.2 Å². The highest BCUT2D eigenvalue weighted by Crippen LogP contribution is 2.41. The lowest BCUT2D eigenvalue weighted by Gasteiger charge is -2.17. The van der Waals surface area contributed by atoms with Crippen molar-refractivity contribution >= 4 is 17.7 Å². The topological polar surface area (TPSA) is 72.9 Å². The monoisotopic (exact) mass is 410 g/mol. The van der Waals surface area contributed by atoms with Crippen LogP contribution < -0.4 is 4.90 Å². The second-order valence-electron chi connectivity index (χ2n) is 8.16. The first-order valence-corrected chi connectivity index (χ1v) is 11.4. The average Bonchev–Trinajstić information content (AvgIpc) is 3.16. The second kappa shape index (κ2) is 7.82. The lowest BCUT2D eigenvalue weighted by Crippen LogP contribution is -2.22. The smallest absolute Gasteiger partial charge is 0.237 e. The predicted octanol–water partition coefficient (Wildman–Crippen LogP) is 4.68. The molecule has 3 heterocycles. The Bertz CT molecular complexity index is 969. The van der Waals surface area contributed by atoms with Gasteiger partial charge in [-0.2, -0.15) is 4.98 Å². The molecule has 1 aliphatic carbocycles. The largest absolute Gasteiger partial charge is 0.341 e. The summed E-state index contributed by atoms with van der Waals surface area (Å²) in [6, 6.07) is 8.92. The van der Waals surface area contributed by atoms with Gasteiger partial charge in [0.15, 0.2) is 5.16 Å². The quantitative estimate of drug-likeness (QED) is 0.524. The van der Waals surface area contributed by atoms with Crippen LogP contribution in [0.25, 0.3) is 11.4 Å². The molecule has 29 heavy (non-hydrogen) atoms. The zero-order valence-corrected chi connectivity index (χ0v) is 17.7. The molecule has 2 aromatic heterocycles. The molecule has 7 nitrogen and oxygen atoms in total. The first-order chi connectivity index (χ1) is 14.2. The Kier molecular flexibility index (Phi) is 5.03. The summed E-state index contributed by atoms with van der Waals surface area (Å²) < 4.78 is 7.81. The summed E-state index contributed by atoms with van der Waals surface area (Å²) in [5.41, 5.74) is 2.29. The standard InChI is InChI=1S/C21H26N6OS/c1-14(2)15-5-7-16(8-6-15)19-22-18(28-25-19)13-29-21-24-23-20(26-11-3-4-12-26)27(21)17-9-10-17/h5-8,14,17H,3-4,9-13H2,1-2H3. The van der Waals surface area contributed by atoms with Gasteiger partial charge in [0.1, 0.15) is 0 Å². The highest BCUT2D eigenvalue weighted by Gasteiger charge is 2.32. The van der Waals surface area contributed by atoms with Crippen molar-refractivity contribution in [3.8, 4) is 11.4 Å². The van der Waals surface area contributed by atoms with Crippen molar-refractivity contribution in [3.05, 3.63) is 35.7 Å². The third-order valence-electron chi connectivity index (χ3n) is 5.58. The van der Waals surface area contributed by atoms with E-state index in [0.717, 1.165) is 29.8 Å². The number of aromatic nitrogens is 5. The molecule has 1 aliphatic heterocycles. The summed E-state index contributed by atoms with van der Waals surface area (Å²) in [4.78, 5) is 6.94. The van der Waals surface area contributed by atoms with E-state index in [1.165, 1.54) is 31.2 Å². The maximum atomic E-state index is 5.49. The van der Waals surface area contributed by atoms with E-state index in [1.54, 1.807) is 11.8 Å². The summed E-state index contributed by atoms with van der Waals surface area (Å²) in [5.74, 6) is 3.39. The second-order valence-corrected chi connectivity index (χ2v) is 9.10. The van der Waals surface area contributed by atoms with E-state index in [0.29, 0.717) is 29.4 Å². The molecule has 5 rings (SSSR count). The number of thioether (sulfide) groups is 1. The first-order valence-electron chi connectivity index (χ1n) is 10.4. The molecule has 1 saturated carbocycles. The van der Waals surface area contributed by atoms with E-state index in [1.807, 2.05) is 0 Å². The molecule has 152 valence electrons. The molecule has 8 heteroatoms.